The largest absolute Gasteiger partial charge is 0.376 e. The van der Waals surface area contributed by atoms with Crippen molar-refractivity contribution in [1.29, 1.82) is 0 Å². The maximum Gasteiger partial charge on any atom is 0.207 e. The number of hydrogen-bond acceptors (Lipinski definition) is 2. The van der Waals surface area contributed by atoms with Crippen LogP contribution in [-0.2, 0) is 9.53 Å². The zero-order valence-electron chi connectivity index (χ0n) is 10.4. The normalized spacial score (nSPS) is 12.6. The number of carbonyl (C=O) groups excluding carboxylic acids is 1. The van der Waals surface area contributed by atoms with Crippen molar-refractivity contribution in [1.82, 2.24) is 5.32 Å². The molecule has 0 aromatic heterocycles. The van der Waals surface area contributed by atoms with Crippen LogP contribution in [-0.4, -0.2) is 19.1 Å². The fourth-order valence-electron chi connectivity index (χ4n) is 1.66. The van der Waals surface area contributed by atoms with Gasteiger partial charge in [0.05, 0.1) is 11.6 Å². The molecule has 0 spiro atoms. The lowest BCUT2D eigenvalue weighted by atomic mass is 9.91. The van der Waals surface area contributed by atoms with Crippen molar-refractivity contribution in [3.8, 4) is 12.3 Å². The van der Waals surface area contributed by atoms with Gasteiger partial charge in [-0.1, -0.05) is 18.1 Å². The molecule has 0 heterocycles. The molecule has 0 aliphatic carbocycles. The van der Waals surface area contributed by atoms with E-state index in [-0.39, 0.29) is 6.04 Å². The number of nitrogens with one attached hydrogen (secondary N) is 1. The zero-order chi connectivity index (χ0) is 12.9. The van der Waals surface area contributed by atoms with Crippen molar-refractivity contribution < 1.29 is 9.53 Å². The summed E-state index contributed by atoms with van der Waals surface area (Å²) in [5, 5.41) is 2.77. The summed E-state index contributed by atoms with van der Waals surface area (Å²) < 4.78 is 5.40. The lowest BCUT2D eigenvalue weighted by Gasteiger charge is -2.33. The van der Waals surface area contributed by atoms with Crippen LogP contribution in [0.1, 0.15) is 31.0 Å². The molecule has 0 fully saturated rings. The predicted octanol–water partition coefficient (Wildman–Crippen LogP) is 1.88. The van der Waals surface area contributed by atoms with Gasteiger partial charge in [0, 0.05) is 12.7 Å². The molecule has 1 amide bonds. The second-order valence-corrected chi connectivity index (χ2v) is 4.29. The van der Waals surface area contributed by atoms with Gasteiger partial charge in [-0.05, 0) is 31.5 Å². The van der Waals surface area contributed by atoms with Crippen LogP contribution in [0, 0.1) is 12.3 Å². The number of carbonyl (C=O) groups is 1. The van der Waals surface area contributed by atoms with E-state index in [4.69, 9.17) is 11.2 Å². The minimum atomic E-state index is -0.488. The van der Waals surface area contributed by atoms with Crippen LogP contribution >= 0.6 is 0 Å². The lowest BCUT2D eigenvalue weighted by Crippen LogP contribution is -2.40. The predicted molar refractivity (Wildman–Crippen MR) is 67.4 cm³/mol. The molecule has 0 aliphatic heterocycles. The summed E-state index contributed by atoms with van der Waals surface area (Å²) in [5.74, 6) is 2.56. The smallest absolute Gasteiger partial charge is 0.207 e. The molecule has 90 valence electrons. The van der Waals surface area contributed by atoms with Crippen LogP contribution < -0.4 is 5.32 Å². The van der Waals surface area contributed by atoms with Crippen LogP contribution in [0.5, 0.6) is 0 Å². The first-order valence-electron chi connectivity index (χ1n) is 5.36. The molecule has 17 heavy (non-hydrogen) atoms. The Labute approximate surface area is 102 Å². The van der Waals surface area contributed by atoms with Gasteiger partial charge in [-0.2, -0.15) is 0 Å². The summed E-state index contributed by atoms with van der Waals surface area (Å²) in [5.41, 5.74) is 1.29. The number of ether oxygens (including phenoxy) is 1. The van der Waals surface area contributed by atoms with E-state index in [1.807, 2.05) is 38.1 Å². The topological polar surface area (TPSA) is 38.3 Å². The molecule has 1 atom stereocenters. The third kappa shape index (κ3) is 3.08. The van der Waals surface area contributed by atoms with Crippen molar-refractivity contribution in [2.24, 2.45) is 0 Å². The van der Waals surface area contributed by atoms with E-state index in [1.54, 1.807) is 7.11 Å². The molecule has 0 aliphatic rings. The van der Waals surface area contributed by atoms with E-state index < -0.39 is 5.60 Å². The Balaban J connectivity index is 3.06. The molecule has 1 unspecified atom stereocenters. The van der Waals surface area contributed by atoms with Gasteiger partial charge in [0.25, 0.3) is 0 Å². The quantitative estimate of drug-likeness (QED) is 0.620. The maximum absolute atomic E-state index is 10.7. The second-order valence-electron chi connectivity index (χ2n) is 4.29. The first-order chi connectivity index (χ1) is 8.05. The summed E-state index contributed by atoms with van der Waals surface area (Å²) in [6, 6.07) is 7.28. The molecular formula is C14H17NO2. The van der Waals surface area contributed by atoms with Crippen LogP contribution in [0.4, 0.5) is 0 Å². The van der Waals surface area contributed by atoms with Crippen LogP contribution in [0.25, 0.3) is 0 Å². The first-order valence-corrected chi connectivity index (χ1v) is 5.36. The van der Waals surface area contributed by atoms with Crippen molar-refractivity contribution in [3.63, 3.8) is 0 Å². The van der Waals surface area contributed by atoms with Crippen molar-refractivity contribution in [2.75, 3.05) is 7.11 Å². The van der Waals surface area contributed by atoms with E-state index in [0.29, 0.717) is 6.41 Å². The zero-order valence-corrected chi connectivity index (χ0v) is 10.4. The Hall–Kier alpha value is -1.79. The fraction of sp³-hybridized carbons (Fsp3) is 0.357. The number of amides is 1. The molecular weight excluding hydrogens is 214 g/mol. The summed E-state index contributed by atoms with van der Waals surface area (Å²) in [7, 11) is 1.62. The average Bonchev–Trinajstić information content (AvgIpc) is 2.36. The molecule has 0 saturated heterocycles. The monoisotopic (exact) mass is 231 g/mol. The number of methoxy groups -OCH3 is 1. The lowest BCUT2D eigenvalue weighted by molar-refractivity contribution is -0.112. The minimum absolute atomic E-state index is 0.211. The van der Waals surface area contributed by atoms with Gasteiger partial charge in [-0.3, -0.25) is 4.79 Å². The molecule has 1 rings (SSSR count). The van der Waals surface area contributed by atoms with Gasteiger partial charge in [0.15, 0.2) is 0 Å². The van der Waals surface area contributed by atoms with E-state index in [0.717, 1.165) is 11.1 Å². The van der Waals surface area contributed by atoms with Gasteiger partial charge in [0.1, 0.15) is 0 Å². The summed E-state index contributed by atoms with van der Waals surface area (Å²) in [6.07, 6.45) is 5.98. The highest BCUT2D eigenvalue weighted by atomic mass is 16.5. The van der Waals surface area contributed by atoms with Crippen LogP contribution in [0.15, 0.2) is 24.3 Å². The second kappa shape index (κ2) is 5.51. The van der Waals surface area contributed by atoms with Crippen molar-refractivity contribution in [3.05, 3.63) is 35.4 Å². The van der Waals surface area contributed by atoms with Crippen molar-refractivity contribution >= 4 is 6.41 Å². The van der Waals surface area contributed by atoms with Crippen LogP contribution in [0.2, 0.25) is 0 Å². The first kappa shape index (κ1) is 13.3. The van der Waals surface area contributed by atoms with E-state index in [2.05, 4.69) is 11.2 Å². The third-order valence-electron chi connectivity index (χ3n) is 2.87. The summed E-state index contributed by atoms with van der Waals surface area (Å²) >= 11 is 0. The highest BCUT2D eigenvalue weighted by Gasteiger charge is 2.30. The number of terminal acetylenes is 1. The highest BCUT2D eigenvalue weighted by Crippen LogP contribution is 2.28. The molecule has 1 aromatic carbocycles. The Kier molecular flexibility index (Phi) is 4.30. The molecule has 0 radical (unpaired) electrons. The summed E-state index contributed by atoms with van der Waals surface area (Å²) in [6.45, 7) is 3.84. The SMILES string of the molecule is C#Cc1ccc(C(NC=O)C(C)(C)OC)cc1. The van der Waals surface area contributed by atoms with E-state index in [9.17, 15) is 4.79 Å². The van der Waals surface area contributed by atoms with E-state index in [1.165, 1.54) is 0 Å². The molecule has 1 N–H and O–H groups in total. The highest BCUT2D eigenvalue weighted by molar-refractivity contribution is 5.49. The number of rotatable bonds is 5. The molecule has 1 aromatic rings. The third-order valence-corrected chi connectivity index (χ3v) is 2.87. The number of benzene rings is 1. The Morgan fingerprint density at radius 1 is 1.41 bits per heavy atom. The van der Waals surface area contributed by atoms with Gasteiger partial charge >= 0.3 is 0 Å². The molecule has 0 saturated carbocycles. The Morgan fingerprint density at radius 3 is 2.41 bits per heavy atom. The molecule has 0 bridgehead atoms. The van der Waals surface area contributed by atoms with Gasteiger partial charge in [-0.25, -0.2) is 0 Å². The van der Waals surface area contributed by atoms with E-state index >= 15 is 0 Å². The minimum Gasteiger partial charge on any atom is -0.376 e. The standard InChI is InChI=1S/C14H17NO2/c1-5-11-6-8-12(9-7-11)13(15-10-16)14(2,3)17-4/h1,6-10,13H,2-4H3,(H,15,16). The fourth-order valence-corrected chi connectivity index (χ4v) is 1.66. The molecule has 3 heteroatoms. The molecule has 3 nitrogen and oxygen atoms in total. The number of hydrogen-bond donors (Lipinski definition) is 1. The van der Waals surface area contributed by atoms with Crippen molar-refractivity contribution in [2.45, 2.75) is 25.5 Å². The van der Waals surface area contributed by atoms with Gasteiger partial charge in [-0.15, -0.1) is 6.42 Å². The summed E-state index contributed by atoms with van der Waals surface area (Å²) in [4.78, 5) is 10.7. The van der Waals surface area contributed by atoms with Gasteiger partial charge < -0.3 is 10.1 Å². The Morgan fingerprint density at radius 2 is 2.00 bits per heavy atom. The Bertz CT molecular complexity index is 415. The maximum atomic E-state index is 10.7. The van der Waals surface area contributed by atoms with Crippen LogP contribution in [0.3, 0.4) is 0 Å². The van der Waals surface area contributed by atoms with Gasteiger partial charge in [0.2, 0.25) is 6.41 Å². The average molecular weight is 231 g/mol.